The van der Waals surface area contributed by atoms with Crippen LogP contribution in [0.3, 0.4) is 0 Å². The van der Waals surface area contributed by atoms with Crippen LogP contribution in [0.5, 0.6) is 11.5 Å². The van der Waals surface area contributed by atoms with Gasteiger partial charge in [-0.15, -0.1) is 0 Å². The average Bonchev–Trinajstić information content (AvgIpc) is 3.09. The lowest BCUT2D eigenvalue weighted by molar-refractivity contribution is -0.139. The van der Waals surface area contributed by atoms with Gasteiger partial charge in [-0.1, -0.05) is 42.5 Å². The summed E-state index contributed by atoms with van der Waals surface area (Å²) in [6.45, 7) is 2.70. The lowest BCUT2D eigenvalue weighted by atomic mass is 9.95. The Hall–Kier alpha value is -4.06. The number of carbonyl (C=O) groups excluding carboxylic acids is 2. The second-order valence-corrected chi connectivity index (χ2v) is 7.78. The molecule has 1 unspecified atom stereocenters. The largest absolute Gasteiger partial charge is 0.508 e. The number of amides is 1. The quantitative estimate of drug-likeness (QED) is 0.320. The fourth-order valence-corrected chi connectivity index (χ4v) is 4.04. The molecule has 33 heavy (non-hydrogen) atoms. The minimum atomic E-state index is -0.763. The fourth-order valence-electron chi connectivity index (χ4n) is 4.04. The highest BCUT2D eigenvalue weighted by Gasteiger charge is 2.45. The number of ketones is 1. The smallest absolute Gasteiger partial charge is 0.295 e. The van der Waals surface area contributed by atoms with Gasteiger partial charge in [0, 0.05) is 12.1 Å². The van der Waals surface area contributed by atoms with E-state index in [1.54, 1.807) is 36.4 Å². The first kappa shape index (κ1) is 22.1. The standard InChI is InChI=1S/C27H25NO5/c1-2-33-22-14-10-20(11-15-22)25(30)23-24(19-8-12-21(29)13-9-19)28(27(32)26(23)31)17-16-18-6-4-3-5-7-18/h3-15,24,29-30H,2,16-17H2,1H3/b25-23+. The molecular formula is C27H25NO5. The van der Waals surface area contributed by atoms with Crippen LogP contribution in [-0.2, 0) is 16.0 Å². The third-order valence-corrected chi connectivity index (χ3v) is 5.67. The first-order valence-electron chi connectivity index (χ1n) is 10.8. The van der Waals surface area contributed by atoms with Crippen LogP contribution in [0.1, 0.15) is 29.7 Å². The monoisotopic (exact) mass is 443 g/mol. The van der Waals surface area contributed by atoms with Crippen molar-refractivity contribution in [1.29, 1.82) is 0 Å². The van der Waals surface area contributed by atoms with Gasteiger partial charge in [-0.25, -0.2) is 0 Å². The van der Waals surface area contributed by atoms with Gasteiger partial charge in [0.05, 0.1) is 18.2 Å². The Morgan fingerprint density at radius 1 is 0.939 bits per heavy atom. The van der Waals surface area contributed by atoms with Crippen LogP contribution >= 0.6 is 0 Å². The molecule has 1 aliphatic heterocycles. The fraction of sp³-hybridized carbons (Fsp3) is 0.185. The Balaban J connectivity index is 1.75. The predicted molar refractivity (Wildman–Crippen MR) is 125 cm³/mol. The van der Waals surface area contributed by atoms with Crippen molar-refractivity contribution in [2.24, 2.45) is 0 Å². The highest BCUT2D eigenvalue weighted by atomic mass is 16.5. The molecule has 1 heterocycles. The topological polar surface area (TPSA) is 87.1 Å². The van der Waals surface area contributed by atoms with Gasteiger partial charge in [0.25, 0.3) is 11.7 Å². The van der Waals surface area contributed by atoms with Crippen LogP contribution in [0.2, 0.25) is 0 Å². The Bertz CT molecular complexity index is 1170. The Morgan fingerprint density at radius 3 is 2.24 bits per heavy atom. The molecule has 2 N–H and O–H groups in total. The van der Waals surface area contributed by atoms with E-state index < -0.39 is 17.7 Å². The minimum Gasteiger partial charge on any atom is -0.508 e. The van der Waals surface area contributed by atoms with E-state index in [0.717, 1.165) is 5.56 Å². The summed E-state index contributed by atoms with van der Waals surface area (Å²) in [5, 5.41) is 20.8. The number of phenols is 1. The zero-order chi connectivity index (χ0) is 23.4. The summed E-state index contributed by atoms with van der Waals surface area (Å²) in [4.78, 5) is 27.6. The maximum atomic E-state index is 13.1. The molecule has 1 atom stereocenters. The molecule has 0 bridgehead atoms. The van der Waals surface area contributed by atoms with Crippen molar-refractivity contribution in [3.63, 3.8) is 0 Å². The molecule has 0 spiro atoms. The summed E-state index contributed by atoms with van der Waals surface area (Å²) in [6.07, 6.45) is 0.561. The summed E-state index contributed by atoms with van der Waals surface area (Å²) in [7, 11) is 0. The van der Waals surface area contributed by atoms with E-state index in [9.17, 15) is 19.8 Å². The summed E-state index contributed by atoms with van der Waals surface area (Å²) in [6, 6.07) is 22.0. The molecule has 3 aromatic rings. The average molecular weight is 443 g/mol. The molecule has 0 aliphatic carbocycles. The van der Waals surface area contributed by atoms with Gasteiger partial charge in [0.2, 0.25) is 0 Å². The van der Waals surface area contributed by atoms with E-state index in [4.69, 9.17) is 4.74 Å². The summed E-state index contributed by atoms with van der Waals surface area (Å²) >= 11 is 0. The number of carbonyl (C=O) groups is 2. The van der Waals surface area contributed by atoms with Crippen LogP contribution in [0, 0.1) is 0 Å². The maximum Gasteiger partial charge on any atom is 0.295 e. The Morgan fingerprint density at radius 2 is 1.61 bits per heavy atom. The molecule has 168 valence electrons. The molecule has 4 rings (SSSR count). The third kappa shape index (κ3) is 4.60. The van der Waals surface area contributed by atoms with Crippen molar-refractivity contribution in [2.75, 3.05) is 13.2 Å². The molecular weight excluding hydrogens is 418 g/mol. The zero-order valence-electron chi connectivity index (χ0n) is 18.3. The van der Waals surface area contributed by atoms with Gasteiger partial charge < -0.3 is 19.8 Å². The lowest BCUT2D eigenvalue weighted by Crippen LogP contribution is -2.31. The van der Waals surface area contributed by atoms with Crippen molar-refractivity contribution >= 4 is 17.4 Å². The molecule has 1 aliphatic rings. The van der Waals surface area contributed by atoms with Crippen molar-refractivity contribution in [2.45, 2.75) is 19.4 Å². The second-order valence-electron chi connectivity index (χ2n) is 7.78. The molecule has 0 aromatic heterocycles. The highest BCUT2D eigenvalue weighted by molar-refractivity contribution is 6.46. The number of likely N-dealkylation sites (tertiary alicyclic amines) is 1. The summed E-state index contributed by atoms with van der Waals surface area (Å²) < 4.78 is 5.45. The first-order valence-corrected chi connectivity index (χ1v) is 10.8. The van der Waals surface area contributed by atoms with E-state index in [1.165, 1.54) is 17.0 Å². The molecule has 1 amide bonds. The number of aliphatic hydroxyl groups excluding tert-OH is 1. The highest BCUT2D eigenvalue weighted by Crippen LogP contribution is 2.40. The van der Waals surface area contributed by atoms with Crippen molar-refractivity contribution < 1.29 is 24.5 Å². The van der Waals surface area contributed by atoms with E-state index in [2.05, 4.69) is 0 Å². The number of rotatable bonds is 7. The van der Waals surface area contributed by atoms with Crippen molar-refractivity contribution in [1.82, 2.24) is 4.90 Å². The molecule has 1 saturated heterocycles. The molecule has 6 heteroatoms. The number of benzene rings is 3. The van der Waals surface area contributed by atoms with Crippen LogP contribution in [0.4, 0.5) is 0 Å². The number of phenolic OH excluding ortho intramolecular Hbond substituents is 1. The number of hydrogen-bond donors (Lipinski definition) is 2. The number of hydrogen-bond acceptors (Lipinski definition) is 5. The maximum absolute atomic E-state index is 13.1. The van der Waals surface area contributed by atoms with E-state index >= 15 is 0 Å². The summed E-state index contributed by atoms with van der Waals surface area (Å²) in [5.41, 5.74) is 2.12. The van der Waals surface area contributed by atoms with Gasteiger partial charge in [0.1, 0.15) is 17.3 Å². The molecule has 0 radical (unpaired) electrons. The Labute approximate surface area is 192 Å². The number of ether oxygens (including phenoxy) is 1. The van der Waals surface area contributed by atoms with E-state index in [1.807, 2.05) is 37.3 Å². The normalized spacial score (nSPS) is 17.4. The van der Waals surface area contributed by atoms with Crippen LogP contribution < -0.4 is 4.74 Å². The number of nitrogens with zero attached hydrogens (tertiary/aromatic N) is 1. The molecule has 6 nitrogen and oxygen atoms in total. The van der Waals surface area contributed by atoms with Crippen LogP contribution in [0.25, 0.3) is 5.76 Å². The number of aromatic hydroxyl groups is 1. The van der Waals surface area contributed by atoms with E-state index in [-0.39, 0.29) is 17.1 Å². The predicted octanol–water partition coefficient (Wildman–Crippen LogP) is 4.46. The van der Waals surface area contributed by atoms with Crippen molar-refractivity contribution in [3.05, 3.63) is 101 Å². The van der Waals surface area contributed by atoms with Gasteiger partial charge in [-0.2, -0.15) is 0 Å². The third-order valence-electron chi connectivity index (χ3n) is 5.67. The SMILES string of the molecule is CCOc1ccc(/C(O)=C2\C(=O)C(=O)N(CCc3ccccc3)C2c2ccc(O)cc2)cc1. The van der Waals surface area contributed by atoms with Crippen LogP contribution in [-0.4, -0.2) is 40.0 Å². The zero-order valence-corrected chi connectivity index (χ0v) is 18.3. The minimum absolute atomic E-state index is 0.0305. The molecule has 1 fully saturated rings. The summed E-state index contributed by atoms with van der Waals surface area (Å²) in [5.74, 6) is -0.903. The van der Waals surface area contributed by atoms with Gasteiger partial charge in [0.15, 0.2) is 0 Å². The Kier molecular flexibility index (Phi) is 6.45. The second kappa shape index (κ2) is 9.61. The van der Waals surface area contributed by atoms with Gasteiger partial charge in [-0.3, -0.25) is 9.59 Å². The molecule has 3 aromatic carbocycles. The number of aliphatic hydroxyl groups is 1. The lowest BCUT2D eigenvalue weighted by Gasteiger charge is -2.25. The number of Topliss-reactive ketones (excluding diaryl/α,β-unsaturated/α-hetero) is 1. The van der Waals surface area contributed by atoms with Gasteiger partial charge >= 0.3 is 0 Å². The van der Waals surface area contributed by atoms with Crippen molar-refractivity contribution in [3.8, 4) is 11.5 Å². The van der Waals surface area contributed by atoms with E-state index in [0.29, 0.717) is 36.4 Å². The van der Waals surface area contributed by atoms with Gasteiger partial charge in [-0.05, 0) is 60.9 Å². The first-order chi connectivity index (χ1) is 16.0. The van der Waals surface area contributed by atoms with Crippen LogP contribution in [0.15, 0.2) is 84.4 Å². The molecule has 0 saturated carbocycles.